The molecule has 0 radical (unpaired) electrons. The number of nitrogens with one attached hydrogen (secondary N) is 1. The van der Waals surface area contributed by atoms with Crippen molar-refractivity contribution in [3.63, 3.8) is 0 Å². The summed E-state index contributed by atoms with van der Waals surface area (Å²) in [5.74, 6) is -0.627. The SMILES string of the molecule is CCOC(=O)CN1CC(NC(=O)OC(C)(C)C)CC1=O. The molecule has 0 aromatic heterocycles. The van der Waals surface area contributed by atoms with Crippen molar-refractivity contribution in [2.75, 3.05) is 19.7 Å². The van der Waals surface area contributed by atoms with Gasteiger partial charge in [-0.25, -0.2) is 4.79 Å². The number of amides is 2. The third-order valence-corrected chi connectivity index (χ3v) is 2.56. The molecule has 0 aromatic rings. The van der Waals surface area contributed by atoms with Crippen molar-refractivity contribution in [1.29, 1.82) is 0 Å². The zero-order valence-corrected chi connectivity index (χ0v) is 12.4. The van der Waals surface area contributed by atoms with Crippen LogP contribution in [0, 0.1) is 0 Å². The van der Waals surface area contributed by atoms with Crippen LogP contribution < -0.4 is 5.32 Å². The van der Waals surface area contributed by atoms with Crippen LogP contribution in [0.25, 0.3) is 0 Å². The second-order valence-electron chi connectivity index (χ2n) is 5.63. The first kappa shape index (κ1) is 16.3. The third kappa shape index (κ3) is 5.46. The minimum Gasteiger partial charge on any atom is -0.465 e. The van der Waals surface area contributed by atoms with Crippen LogP contribution in [0.2, 0.25) is 0 Å². The Morgan fingerprint density at radius 1 is 1.40 bits per heavy atom. The highest BCUT2D eigenvalue weighted by atomic mass is 16.6. The van der Waals surface area contributed by atoms with Crippen molar-refractivity contribution in [2.45, 2.75) is 45.8 Å². The molecule has 20 heavy (non-hydrogen) atoms. The maximum Gasteiger partial charge on any atom is 0.407 e. The normalized spacial score (nSPS) is 18.9. The predicted molar refractivity (Wildman–Crippen MR) is 71.0 cm³/mol. The minimum atomic E-state index is -0.586. The fraction of sp³-hybridized carbons (Fsp3) is 0.769. The number of hydrogen-bond donors (Lipinski definition) is 1. The van der Waals surface area contributed by atoms with E-state index < -0.39 is 17.7 Å². The van der Waals surface area contributed by atoms with Crippen LogP contribution in [0.5, 0.6) is 0 Å². The molecule has 1 atom stereocenters. The monoisotopic (exact) mass is 286 g/mol. The van der Waals surface area contributed by atoms with Crippen molar-refractivity contribution in [2.24, 2.45) is 0 Å². The zero-order valence-electron chi connectivity index (χ0n) is 12.4. The summed E-state index contributed by atoms with van der Waals surface area (Å²) in [6.45, 7) is 7.48. The van der Waals surface area contributed by atoms with Crippen LogP contribution in [-0.2, 0) is 19.1 Å². The van der Waals surface area contributed by atoms with Crippen LogP contribution in [0.4, 0.5) is 4.79 Å². The number of alkyl carbamates (subject to hydrolysis) is 1. The zero-order chi connectivity index (χ0) is 15.3. The van der Waals surface area contributed by atoms with Crippen LogP contribution in [0.3, 0.4) is 0 Å². The van der Waals surface area contributed by atoms with Gasteiger partial charge in [-0.3, -0.25) is 9.59 Å². The lowest BCUT2D eigenvalue weighted by Gasteiger charge is -2.21. The molecule has 7 nitrogen and oxygen atoms in total. The summed E-state index contributed by atoms with van der Waals surface area (Å²) in [4.78, 5) is 36.0. The maximum absolute atomic E-state index is 11.7. The van der Waals surface area contributed by atoms with Crippen LogP contribution >= 0.6 is 0 Å². The number of hydrogen-bond acceptors (Lipinski definition) is 5. The Morgan fingerprint density at radius 3 is 2.60 bits per heavy atom. The van der Waals surface area contributed by atoms with E-state index in [0.29, 0.717) is 0 Å². The number of nitrogens with zero attached hydrogens (tertiary/aromatic N) is 1. The van der Waals surface area contributed by atoms with E-state index >= 15 is 0 Å². The molecule has 0 saturated carbocycles. The Bertz CT molecular complexity index is 389. The Morgan fingerprint density at radius 2 is 2.05 bits per heavy atom. The molecular formula is C13H22N2O5. The molecule has 1 aliphatic heterocycles. The van der Waals surface area contributed by atoms with Gasteiger partial charge in [0.2, 0.25) is 5.91 Å². The number of carbonyl (C=O) groups excluding carboxylic acids is 3. The van der Waals surface area contributed by atoms with Crippen LogP contribution in [-0.4, -0.2) is 54.2 Å². The average molecular weight is 286 g/mol. The highest BCUT2D eigenvalue weighted by Gasteiger charge is 2.33. The topological polar surface area (TPSA) is 84.9 Å². The molecule has 7 heteroatoms. The van der Waals surface area contributed by atoms with E-state index in [4.69, 9.17) is 9.47 Å². The highest BCUT2D eigenvalue weighted by molar-refractivity contribution is 5.85. The van der Waals surface area contributed by atoms with Gasteiger partial charge in [-0.2, -0.15) is 0 Å². The standard InChI is InChI=1S/C13H22N2O5/c1-5-19-11(17)8-15-7-9(6-10(15)16)14-12(18)20-13(2,3)4/h9H,5-8H2,1-4H3,(H,14,18). The van der Waals surface area contributed by atoms with E-state index in [1.165, 1.54) is 4.90 Å². The largest absolute Gasteiger partial charge is 0.465 e. The Hall–Kier alpha value is -1.79. The summed E-state index contributed by atoms with van der Waals surface area (Å²) in [5.41, 5.74) is -0.586. The quantitative estimate of drug-likeness (QED) is 0.768. The minimum absolute atomic E-state index is 0.0842. The molecule has 1 aliphatic rings. The molecule has 0 spiro atoms. The van der Waals surface area contributed by atoms with Crippen LogP contribution in [0.15, 0.2) is 0 Å². The Balaban J connectivity index is 2.43. The first-order valence-corrected chi connectivity index (χ1v) is 6.64. The van der Waals surface area contributed by atoms with Crippen LogP contribution in [0.1, 0.15) is 34.1 Å². The summed E-state index contributed by atoms with van der Waals surface area (Å²) in [7, 11) is 0. The molecule has 2 amide bonds. The molecule has 0 aliphatic carbocycles. The number of rotatable bonds is 4. The second-order valence-corrected chi connectivity index (χ2v) is 5.63. The summed E-state index contributed by atoms with van der Waals surface area (Å²) in [6, 6.07) is -0.341. The number of likely N-dealkylation sites (tertiary alicyclic amines) is 1. The van der Waals surface area contributed by atoms with E-state index in [2.05, 4.69) is 5.32 Å². The van der Waals surface area contributed by atoms with Gasteiger partial charge in [-0.15, -0.1) is 0 Å². The molecular weight excluding hydrogens is 264 g/mol. The molecule has 114 valence electrons. The number of esters is 1. The van der Waals surface area contributed by atoms with E-state index in [1.54, 1.807) is 27.7 Å². The Labute approximate surface area is 118 Å². The van der Waals surface area contributed by atoms with Gasteiger partial charge in [0.15, 0.2) is 0 Å². The van der Waals surface area contributed by atoms with Gasteiger partial charge in [0.1, 0.15) is 12.1 Å². The molecule has 1 heterocycles. The highest BCUT2D eigenvalue weighted by Crippen LogP contribution is 2.13. The second kappa shape index (κ2) is 6.58. The van der Waals surface area contributed by atoms with Crippen molar-refractivity contribution >= 4 is 18.0 Å². The van der Waals surface area contributed by atoms with Crippen molar-refractivity contribution in [3.8, 4) is 0 Å². The summed E-state index contributed by atoms with van der Waals surface area (Å²) >= 11 is 0. The fourth-order valence-electron chi connectivity index (χ4n) is 1.86. The van der Waals surface area contributed by atoms with E-state index in [1.807, 2.05) is 0 Å². The van der Waals surface area contributed by atoms with E-state index in [9.17, 15) is 14.4 Å². The molecule has 0 bridgehead atoms. The number of ether oxygens (including phenoxy) is 2. The molecule has 1 rings (SSSR count). The van der Waals surface area contributed by atoms with E-state index in [0.717, 1.165) is 0 Å². The maximum atomic E-state index is 11.7. The van der Waals surface area contributed by atoms with Gasteiger partial charge in [0, 0.05) is 13.0 Å². The third-order valence-electron chi connectivity index (χ3n) is 2.56. The first-order valence-electron chi connectivity index (χ1n) is 6.64. The average Bonchev–Trinajstić information content (AvgIpc) is 2.56. The molecule has 1 N–H and O–H groups in total. The number of carbonyl (C=O) groups is 3. The van der Waals surface area contributed by atoms with Gasteiger partial charge < -0.3 is 19.7 Å². The van der Waals surface area contributed by atoms with Gasteiger partial charge in [0.05, 0.1) is 12.6 Å². The van der Waals surface area contributed by atoms with Gasteiger partial charge in [0.25, 0.3) is 0 Å². The fourth-order valence-corrected chi connectivity index (χ4v) is 1.86. The Kier molecular flexibility index (Phi) is 5.35. The van der Waals surface area contributed by atoms with Gasteiger partial charge in [-0.1, -0.05) is 0 Å². The summed E-state index contributed by atoms with van der Waals surface area (Å²) in [6.07, 6.45) is -0.396. The lowest BCUT2D eigenvalue weighted by atomic mass is 10.2. The predicted octanol–water partition coefficient (Wildman–Crippen LogP) is 0.675. The van der Waals surface area contributed by atoms with Gasteiger partial charge >= 0.3 is 12.1 Å². The lowest BCUT2D eigenvalue weighted by Crippen LogP contribution is -2.41. The van der Waals surface area contributed by atoms with Gasteiger partial charge in [-0.05, 0) is 27.7 Å². The summed E-state index contributed by atoms with van der Waals surface area (Å²) < 4.78 is 9.91. The molecule has 1 unspecified atom stereocenters. The smallest absolute Gasteiger partial charge is 0.407 e. The van der Waals surface area contributed by atoms with E-state index in [-0.39, 0.29) is 38.1 Å². The molecule has 0 aromatic carbocycles. The lowest BCUT2D eigenvalue weighted by molar-refractivity contribution is -0.147. The molecule has 1 fully saturated rings. The summed E-state index contributed by atoms with van der Waals surface area (Å²) in [5, 5.41) is 2.63. The molecule has 1 saturated heterocycles. The van der Waals surface area contributed by atoms with Crippen molar-refractivity contribution < 1.29 is 23.9 Å². The van der Waals surface area contributed by atoms with Crippen molar-refractivity contribution in [1.82, 2.24) is 10.2 Å². The van der Waals surface area contributed by atoms with Crippen molar-refractivity contribution in [3.05, 3.63) is 0 Å². The first-order chi connectivity index (χ1) is 9.21.